The summed E-state index contributed by atoms with van der Waals surface area (Å²) in [6.45, 7) is 0.451. The molecule has 1 atom stereocenters. The number of aromatic nitrogens is 2. The van der Waals surface area contributed by atoms with Gasteiger partial charge in [0.2, 0.25) is 11.8 Å². The van der Waals surface area contributed by atoms with Crippen molar-refractivity contribution < 1.29 is 14.0 Å². The molecule has 2 amide bonds. The van der Waals surface area contributed by atoms with Crippen LogP contribution >= 0.6 is 23.2 Å². The zero-order valence-corrected chi connectivity index (χ0v) is 17.2. The Morgan fingerprint density at radius 2 is 2.00 bits per heavy atom. The molecule has 1 aliphatic heterocycles. The minimum absolute atomic E-state index is 0.0112. The molecule has 0 spiro atoms. The Kier molecular flexibility index (Phi) is 5.74. The summed E-state index contributed by atoms with van der Waals surface area (Å²) >= 11 is 12.2. The highest BCUT2D eigenvalue weighted by Gasteiger charge is 2.36. The van der Waals surface area contributed by atoms with Crippen LogP contribution in [0.5, 0.6) is 0 Å². The third kappa shape index (κ3) is 4.17. The van der Waals surface area contributed by atoms with Gasteiger partial charge in [0.25, 0.3) is 0 Å². The van der Waals surface area contributed by atoms with E-state index in [2.05, 4.69) is 10.4 Å². The standard InChI is InChI=1S/C21H17Cl2FN4O2/c22-15-6-5-13(16(23)10-15)12-28-19(7-8-25-28)26-21(30)14-9-20(29)27(11-14)18-4-2-1-3-17(18)24/h1-8,10,14H,9,11-12H2,(H,26,30). The van der Waals surface area contributed by atoms with Crippen LogP contribution < -0.4 is 10.2 Å². The van der Waals surface area contributed by atoms with Gasteiger partial charge in [-0.3, -0.25) is 9.59 Å². The van der Waals surface area contributed by atoms with Crippen LogP contribution in [0.25, 0.3) is 0 Å². The van der Waals surface area contributed by atoms with E-state index in [4.69, 9.17) is 23.2 Å². The van der Waals surface area contributed by atoms with Gasteiger partial charge in [-0.25, -0.2) is 9.07 Å². The van der Waals surface area contributed by atoms with Crippen molar-refractivity contribution >= 4 is 46.5 Å². The van der Waals surface area contributed by atoms with Crippen LogP contribution in [-0.2, 0) is 16.1 Å². The molecule has 154 valence electrons. The fourth-order valence-corrected chi connectivity index (χ4v) is 3.86. The third-order valence-electron chi connectivity index (χ3n) is 4.94. The molecule has 6 nitrogen and oxygen atoms in total. The molecule has 2 aromatic carbocycles. The molecule has 0 radical (unpaired) electrons. The minimum atomic E-state index is -0.598. The Morgan fingerprint density at radius 3 is 2.77 bits per heavy atom. The lowest BCUT2D eigenvalue weighted by atomic mass is 10.1. The van der Waals surface area contributed by atoms with Gasteiger partial charge >= 0.3 is 0 Å². The first kappa shape index (κ1) is 20.4. The summed E-state index contributed by atoms with van der Waals surface area (Å²) in [6.07, 6.45) is 1.57. The van der Waals surface area contributed by atoms with Gasteiger partial charge in [0, 0.05) is 29.1 Å². The predicted molar refractivity (Wildman–Crippen MR) is 113 cm³/mol. The normalized spacial score (nSPS) is 16.2. The van der Waals surface area contributed by atoms with Gasteiger partial charge in [-0.15, -0.1) is 0 Å². The number of carbonyl (C=O) groups is 2. The summed E-state index contributed by atoms with van der Waals surface area (Å²) in [5.41, 5.74) is 0.974. The molecule has 1 N–H and O–H groups in total. The van der Waals surface area contributed by atoms with Gasteiger partial charge in [-0.05, 0) is 29.8 Å². The van der Waals surface area contributed by atoms with Crippen LogP contribution in [-0.4, -0.2) is 28.1 Å². The van der Waals surface area contributed by atoms with Gasteiger partial charge in [-0.2, -0.15) is 5.10 Å². The van der Waals surface area contributed by atoms with Crippen molar-refractivity contribution in [2.24, 2.45) is 5.92 Å². The van der Waals surface area contributed by atoms with Crippen molar-refractivity contribution in [3.05, 3.63) is 76.2 Å². The highest BCUT2D eigenvalue weighted by molar-refractivity contribution is 6.35. The van der Waals surface area contributed by atoms with Crippen molar-refractivity contribution in [3.63, 3.8) is 0 Å². The van der Waals surface area contributed by atoms with Crippen LogP contribution in [0.15, 0.2) is 54.7 Å². The molecular formula is C21H17Cl2FN4O2. The maximum absolute atomic E-state index is 14.0. The van der Waals surface area contributed by atoms with Crippen LogP contribution in [0.2, 0.25) is 10.0 Å². The number of rotatable bonds is 5. The largest absolute Gasteiger partial charge is 0.311 e. The van der Waals surface area contributed by atoms with Crippen LogP contribution in [0.4, 0.5) is 15.9 Å². The lowest BCUT2D eigenvalue weighted by Crippen LogP contribution is -2.29. The van der Waals surface area contributed by atoms with Crippen molar-refractivity contribution in [3.8, 4) is 0 Å². The smallest absolute Gasteiger partial charge is 0.230 e. The fourth-order valence-electron chi connectivity index (χ4n) is 3.39. The molecule has 0 bridgehead atoms. The fraction of sp³-hybridized carbons (Fsp3) is 0.190. The molecule has 1 saturated heterocycles. The summed E-state index contributed by atoms with van der Waals surface area (Å²) < 4.78 is 15.6. The average Bonchev–Trinajstić information content (AvgIpc) is 3.31. The summed E-state index contributed by atoms with van der Waals surface area (Å²) in [6, 6.07) is 12.8. The summed E-state index contributed by atoms with van der Waals surface area (Å²) in [5.74, 6) is -1.24. The Balaban J connectivity index is 1.46. The number of carbonyl (C=O) groups excluding carboxylic acids is 2. The van der Waals surface area contributed by atoms with E-state index in [9.17, 15) is 14.0 Å². The summed E-state index contributed by atoms with van der Waals surface area (Å²) in [5, 5.41) is 8.07. The van der Waals surface area contributed by atoms with Crippen molar-refractivity contribution in [1.82, 2.24) is 9.78 Å². The van der Waals surface area contributed by atoms with E-state index in [-0.39, 0.29) is 30.5 Å². The first-order chi connectivity index (χ1) is 14.4. The van der Waals surface area contributed by atoms with E-state index in [0.717, 1.165) is 5.56 Å². The topological polar surface area (TPSA) is 67.2 Å². The van der Waals surface area contributed by atoms with E-state index in [1.54, 1.807) is 47.3 Å². The number of para-hydroxylation sites is 1. The first-order valence-corrected chi connectivity index (χ1v) is 9.99. The number of nitrogens with one attached hydrogen (secondary N) is 1. The highest BCUT2D eigenvalue weighted by Crippen LogP contribution is 2.28. The van der Waals surface area contributed by atoms with Crippen molar-refractivity contribution in [2.45, 2.75) is 13.0 Å². The highest BCUT2D eigenvalue weighted by atomic mass is 35.5. The molecule has 1 unspecified atom stereocenters. The zero-order chi connectivity index (χ0) is 21.3. The quantitative estimate of drug-likeness (QED) is 0.632. The Bertz CT molecular complexity index is 1120. The first-order valence-electron chi connectivity index (χ1n) is 9.24. The molecule has 0 aliphatic carbocycles. The predicted octanol–water partition coefficient (Wildman–Crippen LogP) is 4.37. The number of halogens is 3. The zero-order valence-electron chi connectivity index (χ0n) is 15.7. The maximum Gasteiger partial charge on any atom is 0.230 e. The van der Waals surface area contributed by atoms with Crippen molar-refractivity contribution in [1.29, 1.82) is 0 Å². The van der Waals surface area contributed by atoms with E-state index in [0.29, 0.717) is 22.4 Å². The number of benzene rings is 2. The van der Waals surface area contributed by atoms with Crippen LogP contribution in [0, 0.1) is 11.7 Å². The molecule has 2 heterocycles. The number of amides is 2. The average molecular weight is 447 g/mol. The van der Waals surface area contributed by atoms with Crippen molar-refractivity contribution in [2.75, 3.05) is 16.8 Å². The Hall–Kier alpha value is -2.90. The van der Waals surface area contributed by atoms with E-state index >= 15 is 0 Å². The maximum atomic E-state index is 14.0. The van der Waals surface area contributed by atoms with Crippen LogP contribution in [0.3, 0.4) is 0 Å². The van der Waals surface area contributed by atoms with E-state index in [1.807, 2.05) is 0 Å². The number of hydrogen-bond donors (Lipinski definition) is 1. The monoisotopic (exact) mass is 446 g/mol. The molecule has 4 rings (SSSR count). The number of nitrogens with zero attached hydrogens (tertiary/aromatic N) is 3. The molecule has 3 aromatic rings. The minimum Gasteiger partial charge on any atom is -0.311 e. The van der Waals surface area contributed by atoms with Crippen LogP contribution in [0.1, 0.15) is 12.0 Å². The SMILES string of the molecule is O=C(Nc1ccnn1Cc1ccc(Cl)cc1Cl)C1CC(=O)N(c2ccccc2F)C1. The lowest BCUT2D eigenvalue weighted by molar-refractivity contribution is -0.122. The Morgan fingerprint density at radius 1 is 1.20 bits per heavy atom. The van der Waals surface area contributed by atoms with Gasteiger partial charge in [-0.1, -0.05) is 41.4 Å². The molecule has 30 heavy (non-hydrogen) atoms. The number of anilines is 2. The summed E-state index contributed by atoms with van der Waals surface area (Å²) in [4.78, 5) is 26.4. The molecule has 1 aliphatic rings. The third-order valence-corrected chi connectivity index (χ3v) is 5.53. The molecule has 1 fully saturated rings. The second kappa shape index (κ2) is 8.45. The van der Waals surface area contributed by atoms with E-state index < -0.39 is 11.7 Å². The molecule has 1 aromatic heterocycles. The van der Waals surface area contributed by atoms with Gasteiger partial charge in [0.1, 0.15) is 11.6 Å². The van der Waals surface area contributed by atoms with Gasteiger partial charge in [0.05, 0.1) is 24.3 Å². The van der Waals surface area contributed by atoms with E-state index in [1.165, 1.54) is 17.0 Å². The van der Waals surface area contributed by atoms with Gasteiger partial charge in [0.15, 0.2) is 0 Å². The molecule has 9 heteroatoms. The summed E-state index contributed by atoms with van der Waals surface area (Å²) in [7, 11) is 0. The lowest BCUT2D eigenvalue weighted by Gasteiger charge is -2.17. The number of hydrogen-bond acceptors (Lipinski definition) is 3. The molecular weight excluding hydrogens is 430 g/mol. The molecule has 0 saturated carbocycles. The second-order valence-corrected chi connectivity index (χ2v) is 7.80. The second-order valence-electron chi connectivity index (χ2n) is 6.96. The Labute approximate surface area is 182 Å². The van der Waals surface area contributed by atoms with Gasteiger partial charge < -0.3 is 10.2 Å².